The zero-order valence-electron chi connectivity index (χ0n) is 41.6. The van der Waals surface area contributed by atoms with Crippen LogP contribution in [-0.4, -0.2) is 9.13 Å². The second kappa shape index (κ2) is 16.3. The van der Waals surface area contributed by atoms with Crippen LogP contribution in [0, 0.1) is 0 Å². The number of hydrogen-bond donors (Lipinski definition) is 0. The van der Waals surface area contributed by atoms with E-state index in [-0.39, 0.29) is 0 Å². The van der Waals surface area contributed by atoms with Crippen LogP contribution in [0.15, 0.2) is 243 Å². The Kier molecular flexibility index (Phi) is 9.05. The van der Waals surface area contributed by atoms with Gasteiger partial charge in [-0.15, -0.1) is 45.3 Å². The monoisotopic (exact) mass is 1060 g/mol. The molecule has 0 N–H and O–H groups in total. The minimum absolute atomic E-state index is 1.19. The predicted molar refractivity (Wildman–Crippen MR) is 343 cm³/mol. The molecule has 18 rings (SSSR count). The van der Waals surface area contributed by atoms with Crippen LogP contribution in [0.3, 0.4) is 0 Å². The van der Waals surface area contributed by atoms with Crippen LogP contribution < -0.4 is 0 Å². The third-order valence-electron chi connectivity index (χ3n) is 16.5. The summed E-state index contributed by atoms with van der Waals surface area (Å²) in [5.41, 5.74) is 14.5. The molecule has 12 aromatic carbocycles. The Labute approximate surface area is 462 Å². The summed E-state index contributed by atoms with van der Waals surface area (Å²) < 4.78 is 15.6. The lowest BCUT2D eigenvalue weighted by atomic mass is 9.98. The lowest BCUT2D eigenvalue weighted by Gasteiger charge is -2.11. The molecule has 2 nitrogen and oxygen atoms in total. The van der Waals surface area contributed by atoms with E-state index in [1.165, 1.54) is 169 Å². The van der Waals surface area contributed by atoms with E-state index in [9.17, 15) is 0 Å². The molecule has 0 saturated carbocycles. The van der Waals surface area contributed by atoms with Crippen molar-refractivity contribution in [3.05, 3.63) is 243 Å². The Hall–Kier alpha value is -8.88. The van der Waals surface area contributed by atoms with Crippen molar-refractivity contribution in [1.82, 2.24) is 9.13 Å². The topological polar surface area (TPSA) is 9.86 Å². The molecule has 0 bridgehead atoms. The number of nitrogens with zero attached hydrogens (tertiary/aromatic N) is 2. The molecule has 0 atom stereocenters. The molecule has 0 aliphatic rings. The number of thiophene rings is 4. The molecule has 6 aromatic heterocycles. The highest BCUT2D eigenvalue weighted by Gasteiger charge is 2.22. The SMILES string of the molecule is c1ccc2c(c1)sc1ccc(-c3ccc4c(c3)c3cc(-c5ccc6c(c5)c5cc(-c7ccc8sc9ccccc9c8c7)ccc5n6-c5cccc6c5sc5ccccc56)ccc3n4-c3cccc4c3sc3ccccc34)cc12. The van der Waals surface area contributed by atoms with Gasteiger partial charge in [-0.25, -0.2) is 0 Å². The van der Waals surface area contributed by atoms with Gasteiger partial charge in [0.25, 0.3) is 0 Å². The number of benzene rings is 12. The Morgan fingerprint density at radius 1 is 0.192 bits per heavy atom. The molecule has 6 heterocycles. The van der Waals surface area contributed by atoms with Crippen LogP contribution in [0.25, 0.3) is 169 Å². The standard InChI is InChI=1S/C72H40N2S4/c1-7-21-67-47(11-1)51-15-9-17-63(71(51)77-67)73-59-29-23-41(35-53(59)55-37-43(25-31-61(55)73)45-27-33-69-57(39-45)49-13-3-5-19-65(49)75-69)42-24-30-60-54(36-42)56-38-44(46-28-34-70-58(40-46)50-14-4-6-20-66(50)76-70)26-32-62(56)74(60)64-18-10-16-52-48-12-2-8-22-68(48)78-72(52)64/h1-40H. The maximum atomic E-state index is 2.52. The fraction of sp³-hybridized carbons (Fsp3) is 0. The van der Waals surface area contributed by atoms with E-state index < -0.39 is 0 Å². The highest BCUT2D eigenvalue weighted by molar-refractivity contribution is 7.27. The summed E-state index contributed by atoms with van der Waals surface area (Å²) in [6.07, 6.45) is 0. The molecule has 78 heavy (non-hydrogen) atoms. The average Bonchev–Trinajstić information content (AvgIpc) is 4.46. The Bertz CT molecular complexity index is 5250. The van der Waals surface area contributed by atoms with E-state index in [1.54, 1.807) is 0 Å². The minimum Gasteiger partial charge on any atom is -0.308 e. The van der Waals surface area contributed by atoms with Crippen LogP contribution in [0.2, 0.25) is 0 Å². The van der Waals surface area contributed by atoms with Crippen LogP contribution >= 0.6 is 45.3 Å². The van der Waals surface area contributed by atoms with E-state index in [4.69, 9.17) is 0 Å². The second-order valence-electron chi connectivity index (χ2n) is 20.7. The van der Waals surface area contributed by atoms with Gasteiger partial charge in [0.15, 0.2) is 0 Å². The molecule has 0 amide bonds. The fourth-order valence-corrected chi connectivity index (χ4v) is 17.5. The van der Waals surface area contributed by atoms with E-state index in [2.05, 4.69) is 252 Å². The summed E-state index contributed by atoms with van der Waals surface area (Å²) in [7, 11) is 0. The van der Waals surface area contributed by atoms with Crippen molar-refractivity contribution < 1.29 is 0 Å². The summed E-state index contributed by atoms with van der Waals surface area (Å²) in [4.78, 5) is 0. The van der Waals surface area contributed by atoms with E-state index in [0.717, 1.165) is 0 Å². The zero-order valence-corrected chi connectivity index (χ0v) is 44.9. The van der Waals surface area contributed by atoms with Gasteiger partial charge >= 0.3 is 0 Å². The first-order chi connectivity index (χ1) is 38.6. The normalized spacial score (nSPS) is 12.4. The van der Waals surface area contributed by atoms with Crippen molar-refractivity contribution in [2.45, 2.75) is 0 Å². The zero-order chi connectivity index (χ0) is 50.7. The maximum absolute atomic E-state index is 2.52. The van der Waals surface area contributed by atoms with Crippen LogP contribution in [0.1, 0.15) is 0 Å². The Morgan fingerprint density at radius 2 is 0.462 bits per heavy atom. The van der Waals surface area contributed by atoms with Gasteiger partial charge in [-0.1, -0.05) is 133 Å². The molecule has 0 saturated heterocycles. The van der Waals surface area contributed by atoms with Crippen molar-refractivity contribution in [3.63, 3.8) is 0 Å². The molecule has 362 valence electrons. The van der Waals surface area contributed by atoms with E-state index in [1.807, 2.05) is 45.3 Å². The molecule has 0 fully saturated rings. The van der Waals surface area contributed by atoms with Gasteiger partial charge in [-0.3, -0.25) is 0 Å². The van der Waals surface area contributed by atoms with Crippen molar-refractivity contribution in [3.8, 4) is 44.8 Å². The quantitative estimate of drug-likeness (QED) is 0.163. The molecular weight excluding hydrogens is 1020 g/mol. The van der Waals surface area contributed by atoms with Crippen molar-refractivity contribution >= 4 is 170 Å². The molecule has 0 radical (unpaired) electrons. The summed E-state index contributed by atoms with van der Waals surface area (Å²) in [5, 5.41) is 15.4. The van der Waals surface area contributed by atoms with Crippen molar-refractivity contribution in [2.24, 2.45) is 0 Å². The highest BCUT2D eigenvalue weighted by atomic mass is 32.1. The first-order valence-corrected chi connectivity index (χ1v) is 29.7. The van der Waals surface area contributed by atoms with Crippen molar-refractivity contribution in [2.75, 3.05) is 0 Å². The number of fused-ring (bicyclic) bond motifs is 18. The maximum Gasteiger partial charge on any atom is 0.0640 e. The molecular formula is C72H40N2S4. The van der Waals surface area contributed by atoms with Gasteiger partial charge in [0.1, 0.15) is 0 Å². The first-order valence-electron chi connectivity index (χ1n) is 26.5. The predicted octanol–water partition coefficient (Wildman–Crippen LogP) is 22.4. The van der Waals surface area contributed by atoms with Crippen molar-refractivity contribution in [1.29, 1.82) is 0 Å². The van der Waals surface area contributed by atoms with Gasteiger partial charge in [-0.05, 0) is 143 Å². The highest BCUT2D eigenvalue weighted by Crippen LogP contribution is 2.47. The van der Waals surface area contributed by atoms with Crippen LogP contribution in [-0.2, 0) is 0 Å². The van der Waals surface area contributed by atoms with Gasteiger partial charge in [0.2, 0.25) is 0 Å². The molecule has 0 aliphatic carbocycles. The summed E-state index contributed by atoms with van der Waals surface area (Å²) >= 11 is 7.52. The molecule has 0 spiro atoms. The molecule has 0 aliphatic heterocycles. The number of hydrogen-bond acceptors (Lipinski definition) is 4. The molecule has 0 unspecified atom stereocenters. The smallest absolute Gasteiger partial charge is 0.0640 e. The average molecular weight is 1060 g/mol. The van der Waals surface area contributed by atoms with E-state index >= 15 is 0 Å². The fourth-order valence-electron chi connectivity index (χ4n) is 12.9. The summed E-state index contributed by atoms with van der Waals surface area (Å²) in [5.74, 6) is 0. The van der Waals surface area contributed by atoms with Gasteiger partial charge in [0.05, 0.1) is 42.8 Å². The largest absolute Gasteiger partial charge is 0.308 e. The number of rotatable bonds is 5. The van der Waals surface area contributed by atoms with Gasteiger partial charge in [-0.2, -0.15) is 0 Å². The summed E-state index contributed by atoms with van der Waals surface area (Å²) in [6, 6.07) is 91.6. The molecule has 18 aromatic rings. The molecule has 6 heteroatoms. The minimum atomic E-state index is 1.19. The lowest BCUT2D eigenvalue weighted by molar-refractivity contribution is 1.20. The van der Waals surface area contributed by atoms with Crippen LogP contribution in [0.4, 0.5) is 0 Å². The lowest BCUT2D eigenvalue weighted by Crippen LogP contribution is -1.94. The number of aromatic nitrogens is 2. The third-order valence-corrected chi connectivity index (χ3v) is 21.3. The first kappa shape index (κ1) is 43.2. The third kappa shape index (κ3) is 6.22. The van der Waals surface area contributed by atoms with E-state index in [0.29, 0.717) is 0 Å². The van der Waals surface area contributed by atoms with Gasteiger partial charge in [0, 0.05) is 92.8 Å². The second-order valence-corrected chi connectivity index (χ2v) is 25.0. The Morgan fingerprint density at radius 3 is 0.821 bits per heavy atom. The Balaban J connectivity index is 0.865. The summed E-state index contributed by atoms with van der Waals surface area (Å²) in [6.45, 7) is 0. The van der Waals surface area contributed by atoms with Gasteiger partial charge < -0.3 is 9.13 Å². The van der Waals surface area contributed by atoms with Crippen LogP contribution in [0.5, 0.6) is 0 Å².